The first kappa shape index (κ1) is 22.8. The number of nitrogens with zero attached hydrogens (tertiary/aromatic N) is 1. The minimum Gasteiger partial charge on any atom is -0.271 e. The third kappa shape index (κ3) is 5.31. The van der Waals surface area contributed by atoms with Crippen molar-refractivity contribution >= 4 is 35.3 Å². The highest BCUT2D eigenvalue weighted by Gasteiger charge is 2.42. The molecule has 5 heteroatoms. The summed E-state index contributed by atoms with van der Waals surface area (Å²) in [5.41, 5.74) is 0. The van der Waals surface area contributed by atoms with E-state index in [1.165, 1.54) is 94.8 Å². The summed E-state index contributed by atoms with van der Waals surface area (Å²) >= 11 is 3.52. The fourth-order valence-electron chi connectivity index (χ4n) is 5.92. The summed E-state index contributed by atoms with van der Waals surface area (Å²) in [6.45, 7) is 3.93. The van der Waals surface area contributed by atoms with Crippen LogP contribution >= 0.6 is 23.5 Å². The summed E-state index contributed by atoms with van der Waals surface area (Å²) in [4.78, 5) is 29.7. The lowest BCUT2D eigenvalue weighted by atomic mass is 9.85. The third-order valence-electron chi connectivity index (χ3n) is 7.61. The van der Waals surface area contributed by atoms with E-state index in [-0.39, 0.29) is 17.9 Å². The molecule has 4 aliphatic rings. The van der Waals surface area contributed by atoms with Crippen molar-refractivity contribution < 1.29 is 9.59 Å². The molecule has 0 N–H and O–H groups in total. The smallest absolute Gasteiger partial charge is 0.268 e. The average Bonchev–Trinajstić information content (AvgIpc) is 2.86. The molecular weight excluding hydrogens is 410 g/mol. The van der Waals surface area contributed by atoms with E-state index in [4.69, 9.17) is 0 Å². The number of hydrogen-bond donors (Lipinski definition) is 0. The molecule has 4 unspecified atom stereocenters. The van der Waals surface area contributed by atoms with Crippen LogP contribution in [0.4, 0.5) is 0 Å². The van der Waals surface area contributed by atoms with Crippen molar-refractivity contribution in [2.24, 2.45) is 11.8 Å². The number of thioether (sulfide) groups is 2. The molecule has 4 atom stereocenters. The molecule has 0 aromatic rings. The van der Waals surface area contributed by atoms with Crippen molar-refractivity contribution in [1.29, 1.82) is 0 Å². The van der Waals surface area contributed by atoms with Gasteiger partial charge in [0.1, 0.15) is 0 Å². The number of amides is 2. The van der Waals surface area contributed by atoms with Crippen LogP contribution in [0, 0.1) is 11.8 Å². The molecular formula is C25H39NO2S2. The van der Waals surface area contributed by atoms with Crippen molar-refractivity contribution in [3.63, 3.8) is 0 Å². The molecule has 2 heterocycles. The number of rotatable bonds is 1. The molecule has 0 radical (unpaired) electrons. The van der Waals surface area contributed by atoms with Crippen molar-refractivity contribution in [2.75, 3.05) is 0 Å². The maximum Gasteiger partial charge on any atom is 0.268 e. The Balaban J connectivity index is 1.59. The van der Waals surface area contributed by atoms with E-state index in [1.807, 2.05) is 13.8 Å². The predicted octanol–water partition coefficient (Wildman–Crippen LogP) is 6.91. The summed E-state index contributed by atoms with van der Waals surface area (Å²) in [7, 11) is 0. The number of carbonyl (C=O) groups is 2. The Kier molecular flexibility index (Phi) is 7.94. The Hall–Kier alpha value is -0.420. The van der Waals surface area contributed by atoms with Gasteiger partial charge in [0, 0.05) is 16.5 Å². The Morgan fingerprint density at radius 1 is 0.667 bits per heavy atom. The van der Waals surface area contributed by atoms with Crippen LogP contribution in [0.25, 0.3) is 0 Å². The minimum atomic E-state index is -0.0644. The largest absolute Gasteiger partial charge is 0.271 e. The highest BCUT2D eigenvalue weighted by atomic mass is 32.2. The van der Waals surface area contributed by atoms with Gasteiger partial charge in [-0.15, -0.1) is 23.5 Å². The van der Waals surface area contributed by atoms with Gasteiger partial charge >= 0.3 is 0 Å². The number of imide groups is 1. The van der Waals surface area contributed by atoms with Gasteiger partial charge in [0.05, 0.1) is 9.81 Å². The second-order valence-electron chi connectivity index (χ2n) is 10.3. The number of carbonyl (C=O) groups excluding carboxylic acids is 2. The molecule has 2 aliphatic carbocycles. The Morgan fingerprint density at radius 3 is 1.93 bits per heavy atom. The summed E-state index contributed by atoms with van der Waals surface area (Å²) in [6, 6.07) is -0.0644. The molecule has 4 rings (SSSR count). The van der Waals surface area contributed by atoms with Gasteiger partial charge in [-0.05, 0) is 57.8 Å². The first-order chi connectivity index (χ1) is 14.5. The fourth-order valence-corrected chi connectivity index (χ4v) is 8.85. The van der Waals surface area contributed by atoms with Gasteiger partial charge in [0.15, 0.2) is 0 Å². The molecule has 4 bridgehead atoms. The summed E-state index contributed by atoms with van der Waals surface area (Å²) in [6.07, 6.45) is 18.3. The lowest BCUT2D eigenvalue weighted by Gasteiger charge is -2.29. The zero-order valence-corrected chi connectivity index (χ0v) is 20.5. The van der Waals surface area contributed by atoms with E-state index in [9.17, 15) is 9.59 Å². The molecule has 2 saturated carbocycles. The maximum absolute atomic E-state index is 13.3. The SMILES string of the molecule is CC(C)N1C(=O)C2=C(SC3CCCC(CCCCCC4CCCC(CC4)S2)C3)C1=O. The van der Waals surface area contributed by atoms with Crippen molar-refractivity contribution in [2.45, 2.75) is 120 Å². The molecule has 30 heavy (non-hydrogen) atoms. The van der Waals surface area contributed by atoms with Crippen LogP contribution in [0.1, 0.15) is 104 Å². The van der Waals surface area contributed by atoms with Gasteiger partial charge < -0.3 is 0 Å². The van der Waals surface area contributed by atoms with E-state index in [0.29, 0.717) is 10.5 Å². The van der Waals surface area contributed by atoms with Gasteiger partial charge in [-0.25, -0.2) is 0 Å². The molecule has 2 amide bonds. The predicted molar refractivity (Wildman–Crippen MR) is 128 cm³/mol. The molecule has 2 aliphatic heterocycles. The number of hydrogen-bond acceptors (Lipinski definition) is 4. The van der Waals surface area contributed by atoms with Crippen LogP contribution in [-0.4, -0.2) is 33.3 Å². The molecule has 0 saturated heterocycles. The average molecular weight is 450 g/mol. The monoisotopic (exact) mass is 449 g/mol. The normalized spacial score (nSPS) is 34.4. The Labute approximate surface area is 191 Å². The Bertz CT molecular complexity index is 648. The molecule has 0 aromatic heterocycles. The van der Waals surface area contributed by atoms with E-state index >= 15 is 0 Å². The van der Waals surface area contributed by atoms with Crippen LogP contribution < -0.4 is 0 Å². The fraction of sp³-hybridized carbons (Fsp3) is 0.840. The lowest BCUT2D eigenvalue weighted by molar-refractivity contribution is -0.138. The molecule has 168 valence electrons. The molecule has 0 aromatic carbocycles. The van der Waals surface area contributed by atoms with Crippen LogP contribution in [0.5, 0.6) is 0 Å². The number of fused-ring (bicyclic) bond motifs is 5. The molecule has 2 fully saturated rings. The maximum atomic E-state index is 13.3. The van der Waals surface area contributed by atoms with Crippen LogP contribution in [0.2, 0.25) is 0 Å². The van der Waals surface area contributed by atoms with Gasteiger partial charge in [0.2, 0.25) is 0 Å². The lowest BCUT2D eigenvalue weighted by Crippen LogP contribution is -2.37. The third-order valence-corrected chi connectivity index (χ3v) is 10.5. The first-order valence-electron chi connectivity index (χ1n) is 12.5. The summed E-state index contributed by atoms with van der Waals surface area (Å²) in [5, 5.41) is 1.00. The van der Waals surface area contributed by atoms with Gasteiger partial charge in [-0.2, -0.15) is 0 Å². The van der Waals surface area contributed by atoms with Crippen molar-refractivity contribution in [3.05, 3.63) is 9.81 Å². The zero-order chi connectivity index (χ0) is 21.1. The molecule has 0 spiro atoms. The zero-order valence-electron chi connectivity index (χ0n) is 18.9. The quantitative estimate of drug-likeness (QED) is 0.407. The van der Waals surface area contributed by atoms with E-state index in [0.717, 1.165) is 21.6 Å². The van der Waals surface area contributed by atoms with E-state index < -0.39 is 0 Å². The van der Waals surface area contributed by atoms with Gasteiger partial charge in [-0.1, -0.05) is 57.8 Å². The highest BCUT2D eigenvalue weighted by molar-refractivity contribution is 8.08. The first-order valence-corrected chi connectivity index (χ1v) is 14.2. The van der Waals surface area contributed by atoms with Crippen molar-refractivity contribution in [1.82, 2.24) is 4.90 Å². The van der Waals surface area contributed by atoms with Crippen LogP contribution in [0.3, 0.4) is 0 Å². The standard InChI is InChI=1S/C25H39NO2S2/c1-17(2)26-24(27)22-23(25(26)28)30-21-13-7-11-19(16-21)9-5-3-4-8-18-10-6-12-20(29-22)15-14-18/h17-21H,3-16H2,1-2H3. The minimum absolute atomic E-state index is 0.0164. The molecule has 3 nitrogen and oxygen atoms in total. The van der Waals surface area contributed by atoms with Gasteiger partial charge in [-0.3, -0.25) is 14.5 Å². The summed E-state index contributed by atoms with van der Waals surface area (Å²) < 4.78 is 0. The van der Waals surface area contributed by atoms with Gasteiger partial charge in [0.25, 0.3) is 11.8 Å². The van der Waals surface area contributed by atoms with Crippen molar-refractivity contribution in [3.8, 4) is 0 Å². The summed E-state index contributed by atoms with van der Waals surface area (Å²) in [5.74, 6) is 1.65. The highest BCUT2D eigenvalue weighted by Crippen LogP contribution is 2.47. The second-order valence-corrected chi connectivity index (χ2v) is 12.9. The van der Waals surface area contributed by atoms with Crippen LogP contribution in [-0.2, 0) is 9.59 Å². The van der Waals surface area contributed by atoms with Crippen LogP contribution in [0.15, 0.2) is 9.81 Å². The van der Waals surface area contributed by atoms with E-state index in [2.05, 4.69) is 0 Å². The Morgan fingerprint density at radius 2 is 1.23 bits per heavy atom. The van der Waals surface area contributed by atoms with E-state index in [1.54, 1.807) is 23.5 Å². The topological polar surface area (TPSA) is 37.4 Å². The second kappa shape index (κ2) is 10.5.